The molecular weight excluding hydrogens is 450 g/mol. The topological polar surface area (TPSA) is 83.9 Å². The Kier molecular flexibility index (Phi) is 6.30. The van der Waals surface area contributed by atoms with Gasteiger partial charge < -0.3 is 9.84 Å². The molecule has 8 heteroatoms. The highest BCUT2D eigenvalue weighted by Gasteiger charge is 2.36. The Balaban J connectivity index is 1.44. The molecule has 0 bridgehead atoms. The molecule has 0 atom stereocenters. The van der Waals surface area contributed by atoms with Crippen LogP contribution in [0.25, 0.3) is 6.08 Å². The highest BCUT2D eigenvalue weighted by atomic mass is 35.5. The lowest BCUT2D eigenvalue weighted by Crippen LogP contribution is -2.27. The molecule has 0 saturated carbocycles. The van der Waals surface area contributed by atoms with Gasteiger partial charge in [0, 0.05) is 5.02 Å². The summed E-state index contributed by atoms with van der Waals surface area (Å²) in [6, 6.07) is 20.2. The summed E-state index contributed by atoms with van der Waals surface area (Å²) in [7, 11) is 0. The Labute approximate surface area is 193 Å². The molecule has 0 aliphatic carbocycles. The summed E-state index contributed by atoms with van der Waals surface area (Å²) in [6.07, 6.45) is 1.65. The van der Waals surface area contributed by atoms with Crippen LogP contribution in [0.1, 0.15) is 21.5 Å². The van der Waals surface area contributed by atoms with Crippen molar-refractivity contribution >= 4 is 52.2 Å². The number of rotatable bonds is 6. The highest BCUT2D eigenvalue weighted by Crippen LogP contribution is 2.36. The van der Waals surface area contributed by atoms with E-state index in [0.717, 1.165) is 27.8 Å². The van der Waals surface area contributed by atoms with Gasteiger partial charge in [0.1, 0.15) is 12.4 Å². The molecule has 32 heavy (non-hydrogen) atoms. The molecule has 6 nitrogen and oxygen atoms in total. The normalized spacial score (nSPS) is 14.8. The van der Waals surface area contributed by atoms with E-state index in [2.05, 4.69) is 0 Å². The molecule has 160 valence electrons. The summed E-state index contributed by atoms with van der Waals surface area (Å²) in [5, 5.41) is 9.13. The average molecular weight is 466 g/mol. The number of carboxylic acid groups (broad SMARTS) is 1. The van der Waals surface area contributed by atoms with Crippen molar-refractivity contribution in [3.63, 3.8) is 0 Å². The zero-order valence-electron chi connectivity index (χ0n) is 16.5. The fraction of sp³-hybridized carbons (Fsp3) is 0.0417. The number of carbonyl (C=O) groups excluding carboxylic acids is 2. The molecule has 2 amide bonds. The molecule has 0 aromatic heterocycles. The van der Waals surface area contributed by atoms with E-state index in [1.165, 1.54) is 6.07 Å². The average Bonchev–Trinajstić information content (AvgIpc) is 3.06. The first-order valence-electron chi connectivity index (χ1n) is 9.49. The van der Waals surface area contributed by atoms with Gasteiger partial charge in [-0.25, -0.2) is 9.69 Å². The molecule has 1 fully saturated rings. The third-order valence-electron chi connectivity index (χ3n) is 4.62. The van der Waals surface area contributed by atoms with E-state index in [9.17, 15) is 14.4 Å². The third kappa shape index (κ3) is 4.85. The smallest absolute Gasteiger partial charge is 0.335 e. The van der Waals surface area contributed by atoms with Gasteiger partial charge in [-0.05, 0) is 71.4 Å². The predicted octanol–water partition coefficient (Wildman–Crippen LogP) is 5.86. The maximum atomic E-state index is 12.7. The van der Waals surface area contributed by atoms with Gasteiger partial charge in [-0.2, -0.15) is 0 Å². The zero-order chi connectivity index (χ0) is 22.7. The minimum Gasteiger partial charge on any atom is -0.489 e. The van der Waals surface area contributed by atoms with E-state index in [4.69, 9.17) is 21.4 Å². The number of aromatic carboxylic acids is 1. The van der Waals surface area contributed by atoms with Crippen LogP contribution in [0.2, 0.25) is 5.02 Å². The van der Waals surface area contributed by atoms with Gasteiger partial charge in [0.2, 0.25) is 0 Å². The quantitative estimate of drug-likeness (QED) is 0.459. The number of thioether (sulfide) groups is 1. The lowest BCUT2D eigenvalue weighted by molar-refractivity contribution is -0.113. The first kappa shape index (κ1) is 21.7. The number of halogens is 1. The van der Waals surface area contributed by atoms with E-state index in [0.29, 0.717) is 21.4 Å². The standard InChI is InChI=1S/C24H16ClNO5S/c25-18-5-2-6-19(13-18)26-22(27)21(32-24(26)30)12-15-7-9-20(10-8-15)31-14-16-3-1-4-17(11-16)23(28)29/h1-13H,14H2,(H,28,29)/b21-12+. The summed E-state index contributed by atoms with van der Waals surface area (Å²) in [5.41, 5.74) is 2.11. The van der Waals surface area contributed by atoms with Gasteiger partial charge >= 0.3 is 5.97 Å². The fourth-order valence-corrected chi connectivity index (χ4v) is 4.10. The molecule has 3 aromatic carbocycles. The molecule has 0 radical (unpaired) electrons. The van der Waals surface area contributed by atoms with E-state index in [1.807, 2.05) is 0 Å². The van der Waals surface area contributed by atoms with Crippen molar-refractivity contribution < 1.29 is 24.2 Å². The van der Waals surface area contributed by atoms with Crippen molar-refractivity contribution in [1.82, 2.24) is 0 Å². The summed E-state index contributed by atoms with van der Waals surface area (Å²) in [4.78, 5) is 37.6. The fourth-order valence-electron chi connectivity index (χ4n) is 3.08. The summed E-state index contributed by atoms with van der Waals surface area (Å²) in [5.74, 6) is -0.799. The number of ether oxygens (including phenoxy) is 1. The molecular formula is C24H16ClNO5S. The van der Waals surface area contributed by atoms with Crippen molar-refractivity contribution in [2.75, 3.05) is 4.90 Å². The minimum absolute atomic E-state index is 0.202. The van der Waals surface area contributed by atoms with Crippen LogP contribution in [0.3, 0.4) is 0 Å². The Hall–Kier alpha value is -3.55. The van der Waals surface area contributed by atoms with Crippen LogP contribution >= 0.6 is 23.4 Å². The maximum absolute atomic E-state index is 12.7. The van der Waals surface area contributed by atoms with Crippen molar-refractivity contribution in [1.29, 1.82) is 0 Å². The number of carboxylic acids is 1. The van der Waals surface area contributed by atoms with Crippen LogP contribution in [0.4, 0.5) is 10.5 Å². The number of imide groups is 1. The predicted molar refractivity (Wildman–Crippen MR) is 124 cm³/mol. The van der Waals surface area contributed by atoms with Crippen LogP contribution < -0.4 is 9.64 Å². The monoisotopic (exact) mass is 465 g/mol. The Morgan fingerprint density at radius 1 is 1.03 bits per heavy atom. The van der Waals surface area contributed by atoms with Crippen LogP contribution in [0.15, 0.2) is 77.7 Å². The Morgan fingerprint density at radius 2 is 1.78 bits per heavy atom. The van der Waals surface area contributed by atoms with Crippen LogP contribution in [-0.2, 0) is 11.4 Å². The number of amides is 2. The zero-order valence-corrected chi connectivity index (χ0v) is 18.1. The molecule has 3 aromatic rings. The van der Waals surface area contributed by atoms with Gasteiger partial charge in [-0.15, -0.1) is 0 Å². The minimum atomic E-state index is -0.990. The lowest BCUT2D eigenvalue weighted by atomic mass is 10.1. The number of carbonyl (C=O) groups is 3. The third-order valence-corrected chi connectivity index (χ3v) is 5.72. The van der Waals surface area contributed by atoms with Crippen molar-refractivity contribution in [3.8, 4) is 5.75 Å². The Morgan fingerprint density at radius 3 is 2.50 bits per heavy atom. The number of benzene rings is 3. The van der Waals surface area contributed by atoms with Gasteiger partial charge in [0.15, 0.2) is 0 Å². The number of anilines is 1. The molecule has 4 rings (SSSR count). The number of hydrogen-bond donors (Lipinski definition) is 1. The Bertz CT molecular complexity index is 1240. The molecule has 1 aliphatic rings. The van der Waals surface area contributed by atoms with Crippen LogP contribution in [0.5, 0.6) is 5.75 Å². The second-order valence-corrected chi connectivity index (χ2v) is 8.29. The van der Waals surface area contributed by atoms with Crippen molar-refractivity contribution in [2.24, 2.45) is 0 Å². The van der Waals surface area contributed by atoms with E-state index in [-0.39, 0.29) is 17.4 Å². The van der Waals surface area contributed by atoms with Crippen LogP contribution in [-0.4, -0.2) is 22.2 Å². The molecule has 1 N–H and O–H groups in total. The highest BCUT2D eigenvalue weighted by molar-refractivity contribution is 8.19. The maximum Gasteiger partial charge on any atom is 0.335 e. The second-order valence-electron chi connectivity index (χ2n) is 6.86. The van der Waals surface area contributed by atoms with E-state index < -0.39 is 11.9 Å². The van der Waals surface area contributed by atoms with Gasteiger partial charge in [-0.1, -0.05) is 41.9 Å². The summed E-state index contributed by atoms with van der Waals surface area (Å²) in [6.45, 7) is 0.221. The molecule has 1 heterocycles. The summed E-state index contributed by atoms with van der Waals surface area (Å²) < 4.78 is 5.72. The summed E-state index contributed by atoms with van der Waals surface area (Å²) >= 11 is 6.85. The van der Waals surface area contributed by atoms with Crippen LogP contribution in [0, 0.1) is 0 Å². The molecule has 0 spiro atoms. The molecule has 1 aliphatic heterocycles. The second kappa shape index (κ2) is 9.30. The number of hydrogen-bond acceptors (Lipinski definition) is 5. The van der Waals surface area contributed by atoms with E-state index >= 15 is 0 Å². The largest absolute Gasteiger partial charge is 0.489 e. The van der Waals surface area contributed by atoms with Crippen molar-refractivity contribution in [2.45, 2.75) is 6.61 Å². The lowest BCUT2D eigenvalue weighted by Gasteiger charge is -2.12. The molecule has 1 saturated heterocycles. The van der Waals surface area contributed by atoms with Gasteiger partial charge in [0.25, 0.3) is 11.1 Å². The van der Waals surface area contributed by atoms with E-state index in [1.54, 1.807) is 72.8 Å². The number of nitrogens with zero attached hydrogens (tertiary/aromatic N) is 1. The van der Waals surface area contributed by atoms with Crippen molar-refractivity contribution in [3.05, 3.63) is 99.4 Å². The van der Waals surface area contributed by atoms with Gasteiger partial charge in [0.05, 0.1) is 16.2 Å². The first-order chi connectivity index (χ1) is 15.4. The van der Waals surface area contributed by atoms with Gasteiger partial charge in [-0.3, -0.25) is 9.59 Å². The first-order valence-corrected chi connectivity index (χ1v) is 10.7. The molecule has 0 unspecified atom stereocenters. The SMILES string of the molecule is O=C(O)c1cccc(COc2ccc(/C=C3/SC(=O)N(c4cccc(Cl)c4)C3=O)cc2)c1.